The van der Waals surface area contributed by atoms with Crippen LogP contribution in [0.3, 0.4) is 0 Å². The van der Waals surface area contributed by atoms with Gasteiger partial charge in [-0.2, -0.15) is 0 Å². The molecule has 11 amide bonds. The molecule has 87 heavy (non-hydrogen) atoms. The van der Waals surface area contributed by atoms with E-state index in [1.165, 1.54) is 82.8 Å². The second-order valence-electron chi connectivity index (χ2n) is 26.5. The number of hydrogen-bond acceptors (Lipinski definition) is 13. The summed E-state index contributed by atoms with van der Waals surface area (Å²) < 4.78 is 0. The zero-order chi connectivity index (χ0) is 67.6. The largest absolute Gasteiger partial charge is 0.394 e. The van der Waals surface area contributed by atoms with Crippen LogP contribution in [0.5, 0.6) is 0 Å². The average Bonchev–Trinajstić information content (AvgIpc) is 1.23. The van der Waals surface area contributed by atoms with Crippen LogP contribution in [-0.2, 0) is 52.7 Å². The van der Waals surface area contributed by atoms with Gasteiger partial charge in [-0.05, 0) is 101 Å². The molecule has 0 aliphatic carbocycles. The molecule has 498 valence electrons. The van der Waals surface area contributed by atoms with Crippen molar-refractivity contribution in [1.82, 2.24) is 55.6 Å². The minimum absolute atomic E-state index is 0.0623. The van der Waals surface area contributed by atoms with Gasteiger partial charge in [-0.25, -0.2) is 0 Å². The lowest BCUT2D eigenvalue weighted by Crippen LogP contribution is -2.64. The summed E-state index contributed by atoms with van der Waals surface area (Å²) >= 11 is 0. The van der Waals surface area contributed by atoms with Crippen LogP contribution in [0, 0.1) is 41.4 Å². The lowest BCUT2D eigenvalue weighted by molar-refractivity contribution is -0.157. The standard InChI is InChI=1S/C63H113N11O13/c1-25-27-28-40(15)52(76)51-56(80)66-43(26-2)58(82)72(22)48(33-75)61(85)68(18)45(30-35(5)6)55(79)67-49(38(11)12)62(86)69(19)44(29-34(3)4)54(78)64-41(16)53(77)65-42(17)57(81)70(20)46(31-36(7)8)59(83)71(21)47(32-37(9)10)60(84)73(23)50(39(13)14)63(87)74(51)24/h25,27,34-52,75-76H,26,28-33H2,1-24H3,(H,64,78)(H,65,77)(H,66,80)(H,67,79)/b27-25+/t40-,41+,42-,43+,44+,45+,46-,47+,48+,49+,50+,51?,52-/m1/s1. The molecule has 1 aliphatic rings. The smallest absolute Gasteiger partial charge is 0.248 e. The van der Waals surface area contributed by atoms with Crippen molar-refractivity contribution in [2.75, 3.05) is 55.9 Å². The Labute approximate surface area is 520 Å². The Morgan fingerprint density at radius 3 is 1.23 bits per heavy atom. The predicted octanol–water partition coefficient (Wildman–Crippen LogP) is 2.63. The molecule has 0 spiro atoms. The molecule has 0 bridgehead atoms. The second-order valence-corrected chi connectivity index (χ2v) is 26.5. The normalized spacial score (nSPS) is 27.4. The number of aliphatic hydroxyl groups excluding tert-OH is 2. The Bertz CT molecular complexity index is 2380. The van der Waals surface area contributed by atoms with Crippen LogP contribution in [0.4, 0.5) is 0 Å². The summed E-state index contributed by atoms with van der Waals surface area (Å²) in [6, 6.07) is -14.4. The molecule has 24 nitrogen and oxygen atoms in total. The lowest BCUT2D eigenvalue weighted by Gasteiger charge is -2.41. The first kappa shape index (κ1) is 78.8. The number of nitrogens with zero attached hydrogens (tertiary/aromatic N) is 7. The zero-order valence-electron chi connectivity index (χ0n) is 57.1. The van der Waals surface area contributed by atoms with E-state index in [1.807, 2.05) is 55.4 Å². The summed E-state index contributed by atoms with van der Waals surface area (Å²) in [5.41, 5.74) is 0. The highest BCUT2D eigenvalue weighted by atomic mass is 16.3. The molecular formula is C63H113N11O13. The maximum absolute atomic E-state index is 15.2. The van der Waals surface area contributed by atoms with Crippen molar-refractivity contribution in [2.24, 2.45) is 41.4 Å². The molecule has 1 heterocycles. The number of rotatable bonds is 16. The molecular weight excluding hydrogens is 1120 g/mol. The quantitative estimate of drug-likeness (QED) is 0.121. The van der Waals surface area contributed by atoms with E-state index in [-0.39, 0.29) is 62.2 Å². The molecule has 6 N–H and O–H groups in total. The summed E-state index contributed by atoms with van der Waals surface area (Å²) in [5, 5.41) is 33.9. The highest BCUT2D eigenvalue weighted by Crippen LogP contribution is 2.26. The van der Waals surface area contributed by atoms with Gasteiger partial charge in [0.25, 0.3) is 0 Å². The fraction of sp³-hybridized carbons (Fsp3) is 0.794. The van der Waals surface area contributed by atoms with Crippen LogP contribution in [0.1, 0.15) is 156 Å². The number of carbonyl (C=O) groups is 11. The van der Waals surface area contributed by atoms with Crippen molar-refractivity contribution < 1.29 is 63.0 Å². The molecule has 0 aromatic heterocycles. The molecule has 0 aromatic carbocycles. The van der Waals surface area contributed by atoms with Crippen LogP contribution in [0.15, 0.2) is 12.2 Å². The van der Waals surface area contributed by atoms with Crippen LogP contribution in [-0.4, -0.2) is 238 Å². The monoisotopic (exact) mass is 1230 g/mol. The molecule has 0 saturated carbocycles. The van der Waals surface area contributed by atoms with Crippen LogP contribution < -0.4 is 21.3 Å². The highest BCUT2D eigenvalue weighted by Gasteiger charge is 2.46. The highest BCUT2D eigenvalue weighted by molar-refractivity contribution is 6.00. The fourth-order valence-corrected chi connectivity index (χ4v) is 11.0. The fourth-order valence-electron chi connectivity index (χ4n) is 11.0. The number of hydrogen-bond donors (Lipinski definition) is 6. The van der Waals surface area contributed by atoms with Crippen LogP contribution in [0.2, 0.25) is 0 Å². The van der Waals surface area contributed by atoms with Gasteiger partial charge in [0.2, 0.25) is 65.0 Å². The summed E-state index contributed by atoms with van der Waals surface area (Å²) in [6.45, 7) is 28.6. The van der Waals surface area contributed by atoms with Gasteiger partial charge < -0.3 is 65.8 Å². The van der Waals surface area contributed by atoms with Crippen molar-refractivity contribution in [3.8, 4) is 0 Å². The van der Waals surface area contributed by atoms with E-state index in [0.29, 0.717) is 0 Å². The van der Waals surface area contributed by atoms with Gasteiger partial charge in [-0.3, -0.25) is 52.7 Å². The van der Waals surface area contributed by atoms with Gasteiger partial charge in [0, 0.05) is 49.3 Å². The van der Waals surface area contributed by atoms with E-state index in [9.17, 15) is 53.4 Å². The summed E-state index contributed by atoms with van der Waals surface area (Å²) in [4.78, 5) is 169. The van der Waals surface area contributed by atoms with Crippen molar-refractivity contribution in [2.45, 2.75) is 229 Å². The van der Waals surface area contributed by atoms with Gasteiger partial charge in [0.1, 0.15) is 66.5 Å². The molecule has 0 radical (unpaired) electrons. The van der Waals surface area contributed by atoms with Gasteiger partial charge in [0.15, 0.2) is 0 Å². The molecule has 13 atom stereocenters. The Hall–Kier alpha value is -6.17. The van der Waals surface area contributed by atoms with Gasteiger partial charge >= 0.3 is 0 Å². The number of amides is 11. The summed E-state index contributed by atoms with van der Waals surface area (Å²) in [6.07, 6.45) is 2.71. The minimum atomic E-state index is -1.67. The third-order valence-electron chi connectivity index (χ3n) is 16.6. The Balaban J connectivity index is 4.41. The number of nitrogens with one attached hydrogen (secondary N) is 4. The lowest BCUT2D eigenvalue weighted by atomic mass is 9.91. The molecule has 24 heteroatoms. The molecule has 1 unspecified atom stereocenters. The number of likely N-dealkylation sites (N-methyl/N-ethyl adjacent to an activating group) is 7. The second kappa shape index (κ2) is 35.7. The molecule has 1 aliphatic heterocycles. The van der Waals surface area contributed by atoms with E-state index in [2.05, 4.69) is 21.3 Å². The number of allylic oxidation sites excluding steroid dienone is 2. The molecule has 0 aromatic rings. The van der Waals surface area contributed by atoms with Crippen molar-refractivity contribution in [1.29, 1.82) is 0 Å². The van der Waals surface area contributed by atoms with E-state index in [1.54, 1.807) is 60.6 Å². The van der Waals surface area contributed by atoms with Crippen LogP contribution >= 0.6 is 0 Å². The van der Waals surface area contributed by atoms with Gasteiger partial charge in [-0.1, -0.05) is 109 Å². The predicted molar refractivity (Wildman–Crippen MR) is 334 cm³/mol. The maximum Gasteiger partial charge on any atom is 0.248 e. The van der Waals surface area contributed by atoms with E-state index < -0.39 is 162 Å². The first-order chi connectivity index (χ1) is 40.2. The van der Waals surface area contributed by atoms with E-state index in [0.717, 1.165) is 14.7 Å². The summed E-state index contributed by atoms with van der Waals surface area (Å²) in [5.74, 6) is -10.6. The number of aliphatic hydroxyl groups is 2. The Kier molecular flexibility index (Phi) is 32.4. The zero-order valence-corrected chi connectivity index (χ0v) is 57.1. The Morgan fingerprint density at radius 1 is 0.425 bits per heavy atom. The Morgan fingerprint density at radius 2 is 0.805 bits per heavy atom. The minimum Gasteiger partial charge on any atom is -0.394 e. The van der Waals surface area contributed by atoms with E-state index in [4.69, 9.17) is 0 Å². The third-order valence-corrected chi connectivity index (χ3v) is 16.6. The maximum atomic E-state index is 15.2. The van der Waals surface area contributed by atoms with Gasteiger partial charge in [-0.15, -0.1) is 0 Å². The SMILES string of the molecule is C/C=C/C[C@@H](C)[C@@H](O)C1C(=O)N[C@@H](CC)C(=O)N(C)[C@@H](CO)C(=O)N(C)[C@@H](CC(C)C)C(=O)N[C@@H](C(C)C)C(=O)N(C)[C@@H](CC(C)C)C(=O)N[C@@H](C)C(=O)N[C@H](C)C(=O)N(C)[C@H](CC(C)C)C(=O)N(C)[C@@H](CC(C)C)C(=O)N(C)[C@@H](C(C)C)C(=O)N1C. The van der Waals surface area contributed by atoms with E-state index >= 15 is 9.59 Å². The molecule has 1 saturated heterocycles. The van der Waals surface area contributed by atoms with Crippen molar-refractivity contribution in [3.63, 3.8) is 0 Å². The molecule has 1 rings (SSSR count). The average molecular weight is 1230 g/mol. The first-order valence-electron chi connectivity index (χ1n) is 31.2. The third kappa shape index (κ3) is 21.5. The topological polar surface area (TPSA) is 299 Å². The summed E-state index contributed by atoms with van der Waals surface area (Å²) in [7, 11) is 9.64. The van der Waals surface area contributed by atoms with Crippen LogP contribution in [0.25, 0.3) is 0 Å². The van der Waals surface area contributed by atoms with Gasteiger partial charge in [0.05, 0.1) is 12.7 Å². The number of carbonyl (C=O) groups excluding carboxylic acids is 11. The van der Waals surface area contributed by atoms with Crippen molar-refractivity contribution in [3.05, 3.63) is 12.2 Å². The van der Waals surface area contributed by atoms with Crippen molar-refractivity contribution >= 4 is 65.0 Å². The first-order valence-corrected chi connectivity index (χ1v) is 31.2. The molecule has 1 fully saturated rings.